The Kier molecular flexibility index (Phi) is 3.45. The Hall–Kier alpha value is -3.54. The van der Waals surface area contributed by atoms with E-state index in [1.165, 1.54) is 0 Å². The number of anilines is 2. The molecule has 0 spiro atoms. The van der Waals surface area contributed by atoms with Gasteiger partial charge in [-0.05, 0) is 36.4 Å². The molecular formula is C20H16N4O2. The molecule has 6 nitrogen and oxygen atoms in total. The van der Waals surface area contributed by atoms with E-state index in [0.717, 1.165) is 39.6 Å². The third-order valence-electron chi connectivity index (χ3n) is 4.25. The van der Waals surface area contributed by atoms with Gasteiger partial charge in [0.15, 0.2) is 17.3 Å². The Bertz CT molecular complexity index is 1080. The largest absolute Gasteiger partial charge is 0.486 e. The van der Waals surface area contributed by atoms with Gasteiger partial charge in [0.05, 0.1) is 5.52 Å². The standard InChI is InChI=1S/C20H16N4O2/c1-2-4-14(5-3-1)22-20-18-15(8-9-21-20)23-19(24-18)13-6-7-16-17(12-13)26-11-10-25-16/h1-9,12H,10-11H2,(H,21,22)(H,23,24). The number of nitrogens with zero attached hydrogens (tertiary/aromatic N) is 2. The second-order valence-corrected chi connectivity index (χ2v) is 5.99. The van der Waals surface area contributed by atoms with Crippen LogP contribution in [0.3, 0.4) is 0 Å². The number of rotatable bonds is 3. The van der Waals surface area contributed by atoms with E-state index < -0.39 is 0 Å². The lowest BCUT2D eigenvalue weighted by molar-refractivity contribution is 0.171. The molecule has 128 valence electrons. The van der Waals surface area contributed by atoms with Gasteiger partial charge >= 0.3 is 0 Å². The van der Waals surface area contributed by atoms with E-state index in [4.69, 9.17) is 14.5 Å². The third kappa shape index (κ3) is 2.61. The maximum absolute atomic E-state index is 5.67. The van der Waals surface area contributed by atoms with Crippen LogP contribution in [0, 0.1) is 0 Å². The molecule has 0 saturated heterocycles. The van der Waals surface area contributed by atoms with Crippen LogP contribution in [0.4, 0.5) is 11.5 Å². The van der Waals surface area contributed by atoms with E-state index in [-0.39, 0.29) is 0 Å². The number of hydrogen-bond donors (Lipinski definition) is 2. The molecule has 5 rings (SSSR count). The highest BCUT2D eigenvalue weighted by atomic mass is 16.6. The number of aromatic amines is 1. The number of benzene rings is 2. The van der Waals surface area contributed by atoms with Gasteiger partial charge in [-0.25, -0.2) is 9.97 Å². The summed E-state index contributed by atoms with van der Waals surface area (Å²) in [6, 6.07) is 17.7. The molecule has 0 radical (unpaired) electrons. The van der Waals surface area contributed by atoms with Crippen LogP contribution < -0.4 is 14.8 Å². The maximum Gasteiger partial charge on any atom is 0.162 e. The molecule has 3 heterocycles. The van der Waals surface area contributed by atoms with E-state index in [1.807, 2.05) is 54.6 Å². The molecule has 0 fully saturated rings. The SMILES string of the molecule is c1ccc(Nc2nccc3[nH]c(-c4ccc5c(c4)OCCO5)nc23)cc1. The molecule has 1 aliphatic rings. The molecule has 0 unspecified atom stereocenters. The smallest absolute Gasteiger partial charge is 0.162 e. The van der Waals surface area contributed by atoms with Crippen molar-refractivity contribution in [2.75, 3.05) is 18.5 Å². The quantitative estimate of drug-likeness (QED) is 0.584. The summed E-state index contributed by atoms with van der Waals surface area (Å²) < 4.78 is 11.3. The molecule has 0 bridgehead atoms. The summed E-state index contributed by atoms with van der Waals surface area (Å²) in [6.07, 6.45) is 1.76. The molecule has 2 N–H and O–H groups in total. The van der Waals surface area contributed by atoms with Crippen LogP contribution in [0.5, 0.6) is 11.5 Å². The molecule has 26 heavy (non-hydrogen) atoms. The fourth-order valence-corrected chi connectivity index (χ4v) is 3.01. The molecule has 2 aromatic heterocycles. The van der Waals surface area contributed by atoms with Crippen LogP contribution in [0.25, 0.3) is 22.4 Å². The zero-order valence-electron chi connectivity index (χ0n) is 13.9. The van der Waals surface area contributed by atoms with Gasteiger partial charge in [0.2, 0.25) is 0 Å². The third-order valence-corrected chi connectivity index (χ3v) is 4.25. The second-order valence-electron chi connectivity index (χ2n) is 5.99. The van der Waals surface area contributed by atoms with Gasteiger partial charge in [-0.3, -0.25) is 0 Å². The average molecular weight is 344 g/mol. The van der Waals surface area contributed by atoms with Gasteiger partial charge < -0.3 is 19.8 Å². The highest BCUT2D eigenvalue weighted by Crippen LogP contribution is 2.34. The van der Waals surface area contributed by atoms with Gasteiger partial charge in [-0.15, -0.1) is 0 Å². The lowest BCUT2D eigenvalue weighted by Crippen LogP contribution is -2.15. The number of aromatic nitrogens is 3. The first kappa shape index (κ1) is 14.8. The van der Waals surface area contributed by atoms with Gasteiger partial charge in [0, 0.05) is 17.4 Å². The summed E-state index contributed by atoms with van der Waals surface area (Å²) in [7, 11) is 0. The minimum absolute atomic E-state index is 0.561. The first-order valence-corrected chi connectivity index (χ1v) is 8.44. The Labute approximate surface area is 149 Å². The summed E-state index contributed by atoms with van der Waals surface area (Å²) >= 11 is 0. The van der Waals surface area contributed by atoms with E-state index >= 15 is 0 Å². The van der Waals surface area contributed by atoms with Crippen molar-refractivity contribution in [1.29, 1.82) is 0 Å². The predicted molar refractivity (Wildman–Crippen MR) is 100 cm³/mol. The molecule has 6 heteroatoms. The van der Waals surface area contributed by atoms with E-state index in [1.54, 1.807) is 6.20 Å². The molecule has 1 aliphatic heterocycles. The highest BCUT2D eigenvalue weighted by molar-refractivity contribution is 5.90. The number of ether oxygens (including phenoxy) is 2. The lowest BCUT2D eigenvalue weighted by atomic mass is 10.2. The van der Waals surface area contributed by atoms with E-state index in [2.05, 4.69) is 15.3 Å². The van der Waals surface area contributed by atoms with E-state index in [0.29, 0.717) is 19.0 Å². The molecule has 0 amide bonds. The number of fused-ring (bicyclic) bond motifs is 2. The van der Waals surface area contributed by atoms with Crippen LogP contribution in [-0.2, 0) is 0 Å². The first-order valence-electron chi connectivity index (χ1n) is 8.44. The summed E-state index contributed by atoms with van der Waals surface area (Å²) in [5.41, 5.74) is 3.62. The zero-order valence-corrected chi connectivity index (χ0v) is 13.9. The van der Waals surface area contributed by atoms with Gasteiger partial charge in [0.1, 0.15) is 24.6 Å². The lowest BCUT2D eigenvalue weighted by Gasteiger charge is -2.18. The zero-order chi connectivity index (χ0) is 17.3. The van der Waals surface area contributed by atoms with Crippen LogP contribution in [0.15, 0.2) is 60.8 Å². The van der Waals surface area contributed by atoms with Crippen LogP contribution in [0.2, 0.25) is 0 Å². The predicted octanol–water partition coefficient (Wildman–Crippen LogP) is 4.14. The van der Waals surface area contributed by atoms with Gasteiger partial charge in [-0.2, -0.15) is 0 Å². The van der Waals surface area contributed by atoms with E-state index in [9.17, 15) is 0 Å². The van der Waals surface area contributed by atoms with Crippen molar-refractivity contribution < 1.29 is 9.47 Å². The average Bonchev–Trinajstić information content (AvgIpc) is 3.14. The molecule has 0 saturated carbocycles. The number of pyridine rings is 1. The number of para-hydroxylation sites is 1. The summed E-state index contributed by atoms with van der Waals surface area (Å²) in [6.45, 7) is 1.14. The van der Waals surface area contributed by atoms with Crippen molar-refractivity contribution in [3.63, 3.8) is 0 Å². The van der Waals surface area contributed by atoms with Crippen molar-refractivity contribution in [2.45, 2.75) is 0 Å². The number of hydrogen-bond acceptors (Lipinski definition) is 5. The number of imidazole rings is 1. The Morgan fingerprint density at radius 2 is 1.77 bits per heavy atom. The van der Waals surface area contributed by atoms with Crippen molar-refractivity contribution in [3.05, 3.63) is 60.8 Å². The van der Waals surface area contributed by atoms with Crippen LogP contribution in [0.1, 0.15) is 0 Å². The fourth-order valence-electron chi connectivity index (χ4n) is 3.01. The first-order chi connectivity index (χ1) is 12.9. The Morgan fingerprint density at radius 3 is 2.65 bits per heavy atom. The van der Waals surface area contributed by atoms with Crippen LogP contribution >= 0.6 is 0 Å². The highest BCUT2D eigenvalue weighted by Gasteiger charge is 2.15. The molecular weight excluding hydrogens is 328 g/mol. The Morgan fingerprint density at radius 1 is 0.923 bits per heavy atom. The number of nitrogens with one attached hydrogen (secondary N) is 2. The maximum atomic E-state index is 5.67. The fraction of sp³-hybridized carbons (Fsp3) is 0.100. The van der Waals surface area contributed by atoms with Crippen molar-refractivity contribution in [2.24, 2.45) is 0 Å². The summed E-state index contributed by atoms with van der Waals surface area (Å²) in [5.74, 6) is 2.99. The summed E-state index contributed by atoms with van der Waals surface area (Å²) in [4.78, 5) is 12.5. The van der Waals surface area contributed by atoms with Crippen molar-refractivity contribution in [3.8, 4) is 22.9 Å². The monoisotopic (exact) mass is 344 g/mol. The minimum Gasteiger partial charge on any atom is -0.486 e. The van der Waals surface area contributed by atoms with Gasteiger partial charge in [-0.1, -0.05) is 18.2 Å². The number of H-pyrrole nitrogens is 1. The van der Waals surface area contributed by atoms with Gasteiger partial charge in [0.25, 0.3) is 0 Å². The van der Waals surface area contributed by atoms with Crippen molar-refractivity contribution in [1.82, 2.24) is 15.0 Å². The van der Waals surface area contributed by atoms with Crippen LogP contribution in [-0.4, -0.2) is 28.2 Å². The normalized spacial score (nSPS) is 12.9. The molecule has 2 aromatic carbocycles. The summed E-state index contributed by atoms with van der Waals surface area (Å²) in [5, 5.41) is 3.32. The Balaban J connectivity index is 1.55. The minimum atomic E-state index is 0.561. The topological polar surface area (TPSA) is 72.1 Å². The molecule has 4 aromatic rings. The molecule has 0 atom stereocenters. The van der Waals surface area contributed by atoms with Crippen molar-refractivity contribution >= 4 is 22.5 Å². The molecule has 0 aliphatic carbocycles. The second kappa shape index (κ2) is 6.07.